The van der Waals surface area contributed by atoms with Crippen molar-refractivity contribution in [3.63, 3.8) is 0 Å². The second-order valence-electron chi connectivity index (χ2n) is 5.32. The summed E-state index contributed by atoms with van der Waals surface area (Å²) in [6.07, 6.45) is 1.14. The average Bonchev–Trinajstić information content (AvgIpc) is 2.46. The topological polar surface area (TPSA) is 86.8 Å². The smallest absolute Gasteiger partial charge is 0.292 e. The van der Waals surface area contributed by atoms with Gasteiger partial charge < -0.3 is 15.1 Å². The van der Waals surface area contributed by atoms with Gasteiger partial charge in [0.1, 0.15) is 5.69 Å². The molecule has 1 aliphatic heterocycles. The molecule has 1 aromatic carbocycles. The van der Waals surface area contributed by atoms with Gasteiger partial charge >= 0.3 is 0 Å². The molecule has 2 rings (SSSR count). The maximum Gasteiger partial charge on any atom is 0.292 e. The molecule has 1 fully saturated rings. The number of piperidine rings is 1. The van der Waals surface area contributed by atoms with Gasteiger partial charge in [-0.05, 0) is 37.3 Å². The molecule has 20 heavy (non-hydrogen) atoms. The lowest BCUT2D eigenvalue weighted by atomic mass is 9.98. The van der Waals surface area contributed by atoms with Crippen molar-refractivity contribution in [1.29, 1.82) is 0 Å². The van der Waals surface area contributed by atoms with Crippen molar-refractivity contribution in [3.05, 3.63) is 33.9 Å². The van der Waals surface area contributed by atoms with Crippen LogP contribution in [0, 0.1) is 16.0 Å². The van der Waals surface area contributed by atoms with Crippen molar-refractivity contribution in [2.75, 3.05) is 24.6 Å². The maximum absolute atomic E-state index is 11.2. The molecule has 0 aromatic heterocycles. The van der Waals surface area contributed by atoms with Crippen LogP contribution in [-0.4, -0.2) is 34.8 Å². The SMILES string of the molecule is C[C@H](O)c1ccc(N2CCCC(CO)C2)c([N+](=O)[O-])c1. The molecule has 1 aromatic rings. The van der Waals surface area contributed by atoms with Gasteiger partial charge in [0.25, 0.3) is 5.69 Å². The van der Waals surface area contributed by atoms with Crippen LogP contribution in [0.4, 0.5) is 11.4 Å². The number of aliphatic hydroxyl groups is 2. The number of nitro benzene ring substituents is 1. The first-order valence-corrected chi connectivity index (χ1v) is 6.85. The second-order valence-corrected chi connectivity index (χ2v) is 5.32. The van der Waals surface area contributed by atoms with E-state index in [0.717, 1.165) is 19.4 Å². The molecule has 6 nitrogen and oxygen atoms in total. The van der Waals surface area contributed by atoms with Gasteiger partial charge in [0, 0.05) is 25.8 Å². The molecule has 0 amide bonds. The maximum atomic E-state index is 11.2. The Morgan fingerprint density at radius 1 is 1.55 bits per heavy atom. The molecule has 0 aliphatic carbocycles. The van der Waals surface area contributed by atoms with Gasteiger partial charge in [-0.1, -0.05) is 6.07 Å². The molecule has 1 heterocycles. The highest BCUT2D eigenvalue weighted by Crippen LogP contribution is 2.33. The van der Waals surface area contributed by atoms with Gasteiger partial charge in [0.2, 0.25) is 0 Å². The third kappa shape index (κ3) is 3.08. The van der Waals surface area contributed by atoms with E-state index < -0.39 is 11.0 Å². The van der Waals surface area contributed by atoms with Crippen LogP contribution in [0.1, 0.15) is 31.4 Å². The molecule has 0 saturated carbocycles. The lowest BCUT2D eigenvalue weighted by molar-refractivity contribution is -0.384. The van der Waals surface area contributed by atoms with Gasteiger partial charge in [-0.25, -0.2) is 0 Å². The Balaban J connectivity index is 2.32. The first kappa shape index (κ1) is 14.7. The number of aliphatic hydroxyl groups excluding tert-OH is 2. The van der Waals surface area contributed by atoms with Crippen molar-refractivity contribution in [2.45, 2.75) is 25.9 Å². The Morgan fingerprint density at radius 3 is 2.90 bits per heavy atom. The van der Waals surface area contributed by atoms with Crippen molar-refractivity contribution in [1.82, 2.24) is 0 Å². The van der Waals surface area contributed by atoms with E-state index in [9.17, 15) is 20.3 Å². The molecule has 1 aliphatic rings. The predicted octanol–water partition coefficient (Wildman–Crippen LogP) is 1.86. The molecule has 6 heteroatoms. The van der Waals surface area contributed by atoms with Crippen LogP contribution in [-0.2, 0) is 0 Å². The van der Waals surface area contributed by atoms with Crippen LogP contribution >= 0.6 is 0 Å². The fourth-order valence-electron chi connectivity index (χ4n) is 2.65. The first-order valence-electron chi connectivity index (χ1n) is 6.85. The molecule has 2 atom stereocenters. The molecule has 110 valence electrons. The van der Waals surface area contributed by atoms with Gasteiger partial charge in [-0.2, -0.15) is 0 Å². The van der Waals surface area contributed by atoms with E-state index in [-0.39, 0.29) is 18.2 Å². The van der Waals surface area contributed by atoms with E-state index in [1.54, 1.807) is 19.1 Å². The Labute approximate surface area is 117 Å². The van der Waals surface area contributed by atoms with Crippen LogP contribution in [0.5, 0.6) is 0 Å². The number of nitro groups is 1. The summed E-state index contributed by atoms with van der Waals surface area (Å²) in [4.78, 5) is 12.8. The Bertz CT molecular complexity index is 490. The monoisotopic (exact) mass is 280 g/mol. The van der Waals surface area contributed by atoms with Gasteiger partial charge in [-0.3, -0.25) is 10.1 Å². The summed E-state index contributed by atoms with van der Waals surface area (Å²) in [7, 11) is 0. The van der Waals surface area contributed by atoms with Gasteiger partial charge in [0.15, 0.2) is 0 Å². The number of hydrogen-bond acceptors (Lipinski definition) is 5. The zero-order chi connectivity index (χ0) is 14.7. The minimum absolute atomic E-state index is 0.0157. The van der Waals surface area contributed by atoms with Crippen LogP contribution in [0.3, 0.4) is 0 Å². The molecule has 1 unspecified atom stereocenters. The van der Waals surface area contributed by atoms with E-state index in [4.69, 9.17) is 0 Å². The van der Waals surface area contributed by atoms with Crippen LogP contribution in [0.2, 0.25) is 0 Å². The van der Waals surface area contributed by atoms with E-state index >= 15 is 0 Å². The molecule has 2 N–H and O–H groups in total. The minimum atomic E-state index is -0.728. The van der Waals surface area contributed by atoms with Crippen LogP contribution in [0.25, 0.3) is 0 Å². The lowest BCUT2D eigenvalue weighted by Crippen LogP contribution is -2.37. The molecular formula is C14H20N2O4. The summed E-state index contributed by atoms with van der Waals surface area (Å²) in [5.74, 6) is 0.166. The second kappa shape index (κ2) is 6.19. The number of hydrogen-bond donors (Lipinski definition) is 2. The number of anilines is 1. The fourth-order valence-corrected chi connectivity index (χ4v) is 2.65. The largest absolute Gasteiger partial charge is 0.396 e. The molecule has 0 radical (unpaired) electrons. The fraction of sp³-hybridized carbons (Fsp3) is 0.571. The Morgan fingerprint density at radius 2 is 2.30 bits per heavy atom. The number of benzene rings is 1. The Hall–Kier alpha value is -1.66. The van der Waals surface area contributed by atoms with Crippen molar-refractivity contribution in [3.8, 4) is 0 Å². The highest BCUT2D eigenvalue weighted by molar-refractivity contribution is 5.64. The van der Waals surface area contributed by atoms with Crippen molar-refractivity contribution >= 4 is 11.4 Å². The summed E-state index contributed by atoms with van der Waals surface area (Å²) in [5.41, 5.74) is 1.12. The highest BCUT2D eigenvalue weighted by atomic mass is 16.6. The normalized spacial score (nSPS) is 20.8. The quantitative estimate of drug-likeness (QED) is 0.649. The molecule has 1 saturated heterocycles. The Kier molecular flexibility index (Phi) is 4.57. The number of rotatable bonds is 4. The van der Waals surface area contributed by atoms with E-state index in [0.29, 0.717) is 17.8 Å². The molecule has 0 spiro atoms. The summed E-state index contributed by atoms with van der Waals surface area (Å²) in [6.45, 7) is 3.08. The predicted molar refractivity (Wildman–Crippen MR) is 75.8 cm³/mol. The molecular weight excluding hydrogens is 260 g/mol. The summed E-state index contributed by atoms with van der Waals surface area (Å²) < 4.78 is 0. The van der Waals surface area contributed by atoms with E-state index in [1.165, 1.54) is 6.07 Å². The summed E-state index contributed by atoms with van der Waals surface area (Å²) in [5, 5.41) is 30.0. The zero-order valence-corrected chi connectivity index (χ0v) is 11.5. The first-order chi connectivity index (χ1) is 9.52. The van der Waals surface area contributed by atoms with Crippen molar-refractivity contribution < 1.29 is 15.1 Å². The lowest BCUT2D eigenvalue weighted by Gasteiger charge is -2.33. The van der Waals surface area contributed by atoms with E-state index in [1.807, 2.05) is 4.90 Å². The van der Waals surface area contributed by atoms with Crippen molar-refractivity contribution in [2.24, 2.45) is 5.92 Å². The highest BCUT2D eigenvalue weighted by Gasteiger charge is 2.25. The minimum Gasteiger partial charge on any atom is -0.396 e. The third-order valence-electron chi connectivity index (χ3n) is 3.80. The number of nitrogens with zero attached hydrogens (tertiary/aromatic N) is 2. The van der Waals surface area contributed by atoms with Gasteiger partial charge in [0.05, 0.1) is 11.0 Å². The average molecular weight is 280 g/mol. The van der Waals surface area contributed by atoms with E-state index in [2.05, 4.69) is 0 Å². The van der Waals surface area contributed by atoms with Gasteiger partial charge in [-0.15, -0.1) is 0 Å². The summed E-state index contributed by atoms with van der Waals surface area (Å²) in [6, 6.07) is 4.85. The van der Waals surface area contributed by atoms with Crippen LogP contribution in [0.15, 0.2) is 18.2 Å². The molecule has 0 bridgehead atoms. The third-order valence-corrected chi connectivity index (χ3v) is 3.80. The summed E-state index contributed by atoms with van der Waals surface area (Å²) >= 11 is 0. The zero-order valence-electron chi connectivity index (χ0n) is 11.5. The van der Waals surface area contributed by atoms with Crippen LogP contribution < -0.4 is 4.90 Å². The standard InChI is InChI=1S/C14H20N2O4/c1-10(18)12-4-5-13(14(7-12)16(19)20)15-6-2-3-11(8-15)9-17/h4-5,7,10-11,17-18H,2-3,6,8-9H2,1H3/t10-,11?/m0/s1.